The maximum atomic E-state index is 12.2. The SMILES string of the molecule is Cc1sc(NC(=O)OCc2ccccc2)c(C(=O)O)c1-c1ccc(Cl)cc1Cl. The van der Waals surface area contributed by atoms with Crippen LogP contribution < -0.4 is 5.32 Å². The van der Waals surface area contributed by atoms with Crippen molar-refractivity contribution < 1.29 is 19.4 Å². The van der Waals surface area contributed by atoms with Crippen LogP contribution in [-0.2, 0) is 11.3 Å². The molecule has 0 aliphatic rings. The van der Waals surface area contributed by atoms with E-state index in [1.165, 1.54) is 0 Å². The summed E-state index contributed by atoms with van der Waals surface area (Å²) >= 11 is 13.3. The van der Waals surface area contributed by atoms with E-state index in [1.807, 2.05) is 30.3 Å². The molecule has 3 rings (SSSR count). The predicted molar refractivity (Wildman–Crippen MR) is 112 cm³/mol. The van der Waals surface area contributed by atoms with Gasteiger partial charge in [0.1, 0.15) is 17.2 Å². The van der Waals surface area contributed by atoms with Crippen LogP contribution in [0.5, 0.6) is 0 Å². The van der Waals surface area contributed by atoms with Gasteiger partial charge in [-0.2, -0.15) is 0 Å². The van der Waals surface area contributed by atoms with Crippen molar-refractivity contribution in [2.24, 2.45) is 0 Å². The number of carboxylic acids is 1. The normalized spacial score (nSPS) is 10.5. The summed E-state index contributed by atoms with van der Waals surface area (Å²) in [6.45, 7) is 1.84. The second-order valence-electron chi connectivity index (χ2n) is 5.85. The number of benzene rings is 2. The predicted octanol–water partition coefficient (Wildman–Crippen LogP) is 6.48. The Labute approximate surface area is 175 Å². The standard InChI is InChI=1S/C20H15Cl2NO4S/c1-11-16(14-8-7-13(21)9-15(14)22)17(19(24)25)18(28-11)23-20(26)27-10-12-5-3-2-4-6-12/h2-9H,10H2,1H3,(H,23,26)(H,24,25). The topological polar surface area (TPSA) is 75.6 Å². The van der Waals surface area contributed by atoms with Crippen molar-refractivity contribution in [3.63, 3.8) is 0 Å². The molecule has 0 atom stereocenters. The molecule has 0 aliphatic heterocycles. The van der Waals surface area contributed by atoms with Gasteiger partial charge in [-0.05, 0) is 24.6 Å². The molecule has 0 fully saturated rings. The lowest BCUT2D eigenvalue weighted by atomic mass is 10.0. The number of ether oxygens (including phenoxy) is 1. The van der Waals surface area contributed by atoms with Crippen molar-refractivity contribution in [2.75, 3.05) is 5.32 Å². The molecule has 2 aromatic carbocycles. The van der Waals surface area contributed by atoms with Crippen LogP contribution in [0.4, 0.5) is 9.80 Å². The number of rotatable bonds is 5. The zero-order chi connectivity index (χ0) is 20.3. The molecule has 5 nitrogen and oxygen atoms in total. The van der Waals surface area contributed by atoms with Crippen LogP contribution in [0.2, 0.25) is 10.0 Å². The van der Waals surface area contributed by atoms with E-state index in [0.29, 0.717) is 26.0 Å². The average molecular weight is 436 g/mol. The number of carboxylic acid groups (broad SMARTS) is 1. The Kier molecular flexibility index (Phi) is 6.24. The zero-order valence-electron chi connectivity index (χ0n) is 14.7. The molecule has 8 heteroatoms. The second-order valence-corrected chi connectivity index (χ2v) is 7.92. The molecule has 0 radical (unpaired) electrons. The van der Waals surface area contributed by atoms with Crippen LogP contribution in [-0.4, -0.2) is 17.2 Å². The number of hydrogen-bond acceptors (Lipinski definition) is 4. The Morgan fingerprint density at radius 3 is 2.50 bits per heavy atom. The van der Waals surface area contributed by atoms with Crippen molar-refractivity contribution in [2.45, 2.75) is 13.5 Å². The lowest BCUT2D eigenvalue weighted by Gasteiger charge is -2.09. The van der Waals surface area contributed by atoms with Crippen LogP contribution in [0.3, 0.4) is 0 Å². The lowest BCUT2D eigenvalue weighted by molar-refractivity contribution is 0.0699. The van der Waals surface area contributed by atoms with E-state index in [-0.39, 0.29) is 17.2 Å². The van der Waals surface area contributed by atoms with E-state index in [4.69, 9.17) is 27.9 Å². The van der Waals surface area contributed by atoms with Gasteiger partial charge in [-0.15, -0.1) is 11.3 Å². The molecule has 0 saturated carbocycles. The van der Waals surface area contributed by atoms with Gasteiger partial charge in [0, 0.05) is 26.0 Å². The molecule has 3 aromatic rings. The van der Waals surface area contributed by atoms with E-state index < -0.39 is 12.1 Å². The van der Waals surface area contributed by atoms with Gasteiger partial charge in [0.15, 0.2) is 0 Å². The number of anilines is 1. The molecule has 0 saturated heterocycles. The van der Waals surface area contributed by atoms with Crippen molar-refractivity contribution >= 4 is 51.6 Å². The maximum Gasteiger partial charge on any atom is 0.412 e. The molecule has 28 heavy (non-hydrogen) atoms. The highest BCUT2D eigenvalue weighted by atomic mass is 35.5. The van der Waals surface area contributed by atoms with Gasteiger partial charge in [0.2, 0.25) is 0 Å². The van der Waals surface area contributed by atoms with Crippen LogP contribution in [0, 0.1) is 6.92 Å². The molecule has 0 aliphatic carbocycles. The zero-order valence-corrected chi connectivity index (χ0v) is 17.0. The smallest absolute Gasteiger partial charge is 0.412 e. The molecule has 0 unspecified atom stereocenters. The van der Waals surface area contributed by atoms with Gasteiger partial charge < -0.3 is 9.84 Å². The molecule has 0 spiro atoms. The second kappa shape index (κ2) is 8.65. The molecule has 1 heterocycles. The highest BCUT2D eigenvalue weighted by Gasteiger charge is 2.25. The molecule has 144 valence electrons. The molecular formula is C20H15Cl2NO4S. The summed E-state index contributed by atoms with van der Waals surface area (Å²) < 4.78 is 5.18. The first kappa shape index (κ1) is 20.2. The number of amides is 1. The van der Waals surface area contributed by atoms with E-state index in [0.717, 1.165) is 16.9 Å². The Morgan fingerprint density at radius 1 is 1.14 bits per heavy atom. The highest BCUT2D eigenvalue weighted by molar-refractivity contribution is 7.17. The molecule has 2 N–H and O–H groups in total. The van der Waals surface area contributed by atoms with E-state index in [2.05, 4.69) is 5.32 Å². The first-order chi connectivity index (χ1) is 13.4. The fourth-order valence-electron chi connectivity index (χ4n) is 2.71. The van der Waals surface area contributed by atoms with Gasteiger partial charge in [0.25, 0.3) is 0 Å². The summed E-state index contributed by atoms with van der Waals surface area (Å²) in [5.74, 6) is -1.18. The van der Waals surface area contributed by atoms with Crippen molar-refractivity contribution in [1.29, 1.82) is 0 Å². The van der Waals surface area contributed by atoms with Crippen molar-refractivity contribution in [3.05, 3.63) is 74.6 Å². The summed E-state index contributed by atoms with van der Waals surface area (Å²) in [4.78, 5) is 24.8. The number of hydrogen-bond donors (Lipinski definition) is 2. The van der Waals surface area contributed by atoms with Crippen LogP contribution in [0.15, 0.2) is 48.5 Å². The summed E-state index contributed by atoms with van der Waals surface area (Å²) in [5, 5.41) is 13.2. The lowest BCUT2D eigenvalue weighted by Crippen LogP contribution is -2.14. The summed E-state index contributed by atoms with van der Waals surface area (Å²) in [7, 11) is 0. The van der Waals surface area contributed by atoms with Crippen LogP contribution in [0.25, 0.3) is 11.1 Å². The molecule has 0 bridgehead atoms. The van der Waals surface area contributed by atoms with Gasteiger partial charge >= 0.3 is 12.1 Å². The third-order valence-electron chi connectivity index (χ3n) is 3.93. The maximum absolute atomic E-state index is 12.2. The first-order valence-electron chi connectivity index (χ1n) is 8.16. The van der Waals surface area contributed by atoms with E-state index in [1.54, 1.807) is 25.1 Å². The minimum absolute atomic E-state index is 0.0385. The van der Waals surface area contributed by atoms with Crippen LogP contribution in [0.1, 0.15) is 20.8 Å². The molecule has 1 aromatic heterocycles. The molecular weight excluding hydrogens is 421 g/mol. The highest BCUT2D eigenvalue weighted by Crippen LogP contribution is 2.43. The van der Waals surface area contributed by atoms with Crippen molar-refractivity contribution in [3.8, 4) is 11.1 Å². The number of halogens is 2. The quantitative estimate of drug-likeness (QED) is 0.480. The van der Waals surface area contributed by atoms with Gasteiger partial charge in [-0.1, -0.05) is 59.6 Å². The first-order valence-corrected chi connectivity index (χ1v) is 9.74. The summed E-state index contributed by atoms with van der Waals surface area (Å²) in [6.07, 6.45) is -0.735. The number of aryl methyl sites for hydroxylation is 1. The third-order valence-corrected chi connectivity index (χ3v) is 5.50. The third kappa shape index (κ3) is 4.47. The Morgan fingerprint density at radius 2 is 1.86 bits per heavy atom. The minimum Gasteiger partial charge on any atom is -0.478 e. The fourth-order valence-corrected chi connectivity index (χ4v) is 4.25. The van der Waals surface area contributed by atoms with E-state index in [9.17, 15) is 14.7 Å². The van der Waals surface area contributed by atoms with Crippen LogP contribution >= 0.6 is 34.5 Å². The number of carbonyl (C=O) groups is 2. The van der Waals surface area contributed by atoms with Gasteiger partial charge in [-0.3, -0.25) is 5.32 Å². The Hall–Kier alpha value is -2.54. The summed E-state index contributed by atoms with van der Waals surface area (Å²) in [5.41, 5.74) is 1.76. The number of carbonyl (C=O) groups excluding carboxylic acids is 1. The fraction of sp³-hybridized carbons (Fsp3) is 0.100. The Balaban J connectivity index is 1.87. The average Bonchev–Trinajstić information content (AvgIpc) is 2.96. The van der Waals surface area contributed by atoms with Crippen molar-refractivity contribution in [1.82, 2.24) is 0 Å². The van der Waals surface area contributed by atoms with E-state index >= 15 is 0 Å². The van der Waals surface area contributed by atoms with Gasteiger partial charge in [0.05, 0.1) is 0 Å². The number of nitrogens with one attached hydrogen (secondary N) is 1. The number of aromatic carboxylic acids is 1. The monoisotopic (exact) mass is 435 g/mol. The van der Waals surface area contributed by atoms with Gasteiger partial charge in [-0.25, -0.2) is 9.59 Å². The Bertz CT molecular complexity index is 1030. The largest absolute Gasteiger partial charge is 0.478 e. The summed E-state index contributed by atoms with van der Waals surface area (Å²) in [6, 6.07) is 14.0. The molecule has 1 amide bonds. The number of thiophene rings is 1. The minimum atomic E-state index is -1.18.